The van der Waals surface area contributed by atoms with Gasteiger partial charge < -0.3 is 14.6 Å². The van der Waals surface area contributed by atoms with E-state index in [1.165, 1.54) is 0 Å². The Morgan fingerprint density at radius 3 is 3.21 bits per heavy atom. The molecule has 5 nitrogen and oxygen atoms in total. The number of aromatic nitrogens is 3. The van der Waals surface area contributed by atoms with Crippen LogP contribution >= 0.6 is 0 Å². The van der Waals surface area contributed by atoms with Crippen molar-refractivity contribution in [2.45, 2.75) is 25.9 Å². The number of nitrogens with one attached hydrogen (secondary N) is 1. The van der Waals surface area contributed by atoms with E-state index in [0.29, 0.717) is 12.6 Å². The molecule has 0 bridgehead atoms. The summed E-state index contributed by atoms with van der Waals surface area (Å²) in [4.78, 5) is 0. The summed E-state index contributed by atoms with van der Waals surface area (Å²) in [6.07, 6.45) is 0.843. The molecule has 2 rings (SSSR count). The van der Waals surface area contributed by atoms with E-state index in [0.717, 1.165) is 31.2 Å². The number of hydrogen-bond donors (Lipinski definition) is 1. The van der Waals surface area contributed by atoms with Crippen LogP contribution in [-0.2, 0) is 17.7 Å². The van der Waals surface area contributed by atoms with Gasteiger partial charge in [-0.15, -0.1) is 10.2 Å². The summed E-state index contributed by atoms with van der Waals surface area (Å²) in [6, 6.07) is 0.313. The number of hydrogen-bond acceptors (Lipinski definition) is 4. The van der Waals surface area contributed by atoms with E-state index in [2.05, 4.69) is 27.0 Å². The minimum absolute atomic E-state index is 0.313. The van der Waals surface area contributed by atoms with E-state index in [4.69, 9.17) is 4.74 Å². The number of nitrogens with zero attached hydrogens (tertiary/aromatic N) is 3. The van der Waals surface area contributed by atoms with Crippen LogP contribution in [0.4, 0.5) is 0 Å². The lowest BCUT2D eigenvalue weighted by Crippen LogP contribution is -2.32. The second-order valence-electron chi connectivity index (χ2n) is 3.54. The van der Waals surface area contributed by atoms with Crippen LogP contribution in [0.3, 0.4) is 0 Å². The van der Waals surface area contributed by atoms with Crippen LogP contribution in [0.5, 0.6) is 0 Å². The third-order valence-corrected chi connectivity index (χ3v) is 2.56. The van der Waals surface area contributed by atoms with Crippen LogP contribution in [0.2, 0.25) is 0 Å². The summed E-state index contributed by atoms with van der Waals surface area (Å²) in [7, 11) is 1.71. The molecule has 0 saturated heterocycles. The van der Waals surface area contributed by atoms with Crippen molar-refractivity contribution in [3.63, 3.8) is 0 Å². The highest BCUT2D eigenvalue weighted by atomic mass is 16.5. The Kier molecular flexibility index (Phi) is 2.79. The molecule has 0 aromatic carbocycles. The van der Waals surface area contributed by atoms with Crippen molar-refractivity contribution < 1.29 is 4.74 Å². The minimum atomic E-state index is 0.313. The van der Waals surface area contributed by atoms with Crippen molar-refractivity contribution in [2.75, 3.05) is 20.3 Å². The van der Waals surface area contributed by atoms with Gasteiger partial charge in [-0.05, 0) is 6.92 Å². The predicted octanol–water partition coefficient (Wildman–Crippen LogP) is 0.131. The first-order valence-corrected chi connectivity index (χ1v) is 4.97. The van der Waals surface area contributed by atoms with E-state index in [1.54, 1.807) is 7.11 Å². The second kappa shape index (κ2) is 4.06. The van der Waals surface area contributed by atoms with E-state index in [-0.39, 0.29) is 0 Å². The van der Waals surface area contributed by atoms with Gasteiger partial charge in [-0.1, -0.05) is 0 Å². The molecule has 0 saturated carbocycles. The number of methoxy groups -OCH3 is 1. The van der Waals surface area contributed by atoms with Gasteiger partial charge in [-0.25, -0.2) is 0 Å². The minimum Gasteiger partial charge on any atom is -0.384 e. The predicted molar refractivity (Wildman–Crippen MR) is 52.0 cm³/mol. The average molecular weight is 196 g/mol. The molecule has 0 fully saturated rings. The lowest BCUT2D eigenvalue weighted by molar-refractivity contribution is 0.199. The lowest BCUT2D eigenvalue weighted by Gasteiger charge is -2.21. The molecule has 0 spiro atoms. The van der Waals surface area contributed by atoms with Crippen LogP contribution < -0.4 is 5.32 Å². The first-order valence-electron chi connectivity index (χ1n) is 4.97. The Hall–Kier alpha value is -0.940. The van der Waals surface area contributed by atoms with Crippen molar-refractivity contribution in [3.8, 4) is 0 Å². The third-order valence-electron chi connectivity index (χ3n) is 2.56. The van der Waals surface area contributed by atoms with Gasteiger partial charge in [0.25, 0.3) is 0 Å². The maximum Gasteiger partial charge on any atom is 0.149 e. The van der Waals surface area contributed by atoms with Gasteiger partial charge in [0, 0.05) is 26.6 Å². The average Bonchev–Trinajstić information content (AvgIpc) is 2.60. The summed E-state index contributed by atoms with van der Waals surface area (Å²) in [5, 5.41) is 11.7. The first-order chi connectivity index (χ1) is 6.83. The van der Waals surface area contributed by atoms with E-state index < -0.39 is 0 Å². The van der Waals surface area contributed by atoms with Gasteiger partial charge in [-0.2, -0.15) is 0 Å². The molecular formula is C9H16N4O. The Bertz CT molecular complexity index is 310. The Balaban J connectivity index is 2.18. The van der Waals surface area contributed by atoms with Crippen LogP contribution in [0.15, 0.2) is 0 Å². The number of fused-ring (bicyclic) bond motifs is 1. The highest BCUT2D eigenvalue weighted by Gasteiger charge is 2.20. The zero-order valence-electron chi connectivity index (χ0n) is 8.66. The van der Waals surface area contributed by atoms with Crippen molar-refractivity contribution in [1.29, 1.82) is 0 Å². The number of rotatable bonds is 3. The molecule has 0 radical (unpaired) electrons. The van der Waals surface area contributed by atoms with Crippen LogP contribution in [0.1, 0.15) is 24.6 Å². The standard InChI is InChI=1S/C9H16N4O/c1-7-9-12-11-8(3-6-14-2)13(9)5-4-10-7/h7,10H,3-6H2,1-2H3. The molecule has 0 aliphatic carbocycles. The van der Waals surface area contributed by atoms with Gasteiger partial charge in [0.05, 0.1) is 12.6 Å². The highest BCUT2D eigenvalue weighted by molar-refractivity contribution is 5.03. The number of ether oxygens (including phenoxy) is 1. The molecule has 2 heterocycles. The van der Waals surface area contributed by atoms with E-state index in [9.17, 15) is 0 Å². The molecule has 1 aromatic heterocycles. The molecular weight excluding hydrogens is 180 g/mol. The van der Waals surface area contributed by atoms with Gasteiger partial charge in [0.15, 0.2) is 0 Å². The van der Waals surface area contributed by atoms with Crippen LogP contribution in [0, 0.1) is 0 Å². The fourth-order valence-corrected chi connectivity index (χ4v) is 1.78. The quantitative estimate of drug-likeness (QED) is 0.746. The van der Waals surface area contributed by atoms with Gasteiger partial charge in [-0.3, -0.25) is 0 Å². The Morgan fingerprint density at radius 1 is 1.57 bits per heavy atom. The molecule has 1 aliphatic rings. The monoisotopic (exact) mass is 196 g/mol. The summed E-state index contributed by atoms with van der Waals surface area (Å²) in [5.41, 5.74) is 0. The molecule has 0 amide bonds. The van der Waals surface area contributed by atoms with Crippen molar-refractivity contribution >= 4 is 0 Å². The van der Waals surface area contributed by atoms with Crippen molar-refractivity contribution in [1.82, 2.24) is 20.1 Å². The molecule has 5 heteroatoms. The maximum absolute atomic E-state index is 5.04. The largest absolute Gasteiger partial charge is 0.384 e. The van der Waals surface area contributed by atoms with E-state index >= 15 is 0 Å². The lowest BCUT2D eigenvalue weighted by atomic mass is 10.2. The molecule has 14 heavy (non-hydrogen) atoms. The summed E-state index contributed by atoms with van der Waals surface area (Å²) >= 11 is 0. The smallest absolute Gasteiger partial charge is 0.149 e. The third kappa shape index (κ3) is 1.65. The molecule has 1 unspecified atom stereocenters. The fourth-order valence-electron chi connectivity index (χ4n) is 1.78. The van der Waals surface area contributed by atoms with E-state index in [1.807, 2.05) is 0 Å². The summed E-state index contributed by atoms with van der Waals surface area (Å²) in [6.45, 7) is 4.78. The first kappa shape index (κ1) is 9.61. The summed E-state index contributed by atoms with van der Waals surface area (Å²) in [5.74, 6) is 2.08. The SMILES string of the molecule is COCCc1nnc2n1CCNC2C. The highest BCUT2D eigenvalue weighted by Crippen LogP contribution is 2.15. The molecule has 1 aromatic rings. The van der Waals surface area contributed by atoms with Crippen molar-refractivity contribution in [2.24, 2.45) is 0 Å². The summed E-state index contributed by atoms with van der Waals surface area (Å²) < 4.78 is 7.23. The Labute approximate surface area is 83.5 Å². The van der Waals surface area contributed by atoms with Gasteiger partial charge in [0.2, 0.25) is 0 Å². The molecule has 78 valence electrons. The van der Waals surface area contributed by atoms with Crippen LogP contribution in [-0.4, -0.2) is 35.0 Å². The van der Waals surface area contributed by atoms with Gasteiger partial charge >= 0.3 is 0 Å². The molecule has 1 N–H and O–H groups in total. The second-order valence-corrected chi connectivity index (χ2v) is 3.54. The zero-order chi connectivity index (χ0) is 9.97. The molecule has 1 aliphatic heterocycles. The topological polar surface area (TPSA) is 52.0 Å². The Morgan fingerprint density at radius 2 is 2.43 bits per heavy atom. The normalized spacial score (nSPS) is 20.9. The zero-order valence-corrected chi connectivity index (χ0v) is 8.66. The molecule has 1 atom stereocenters. The van der Waals surface area contributed by atoms with Crippen molar-refractivity contribution in [3.05, 3.63) is 11.6 Å². The fraction of sp³-hybridized carbons (Fsp3) is 0.778. The van der Waals surface area contributed by atoms with Crippen LogP contribution in [0.25, 0.3) is 0 Å². The maximum atomic E-state index is 5.04. The van der Waals surface area contributed by atoms with Gasteiger partial charge in [0.1, 0.15) is 11.6 Å².